The van der Waals surface area contributed by atoms with Gasteiger partial charge in [-0.05, 0) is 30.5 Å². The second-order valence-electron chi connectivity index (χ2n) is 6.83. The maximum atomic E-state index is 12.6. The first-order valence-electron chi connectivity index (χ1n) is 9.38. The molecule has 1 aliphatic rings. The highest BCUT2D eigenvalue weighted by molar-refractivity contribution is 6.35. The number of fused-ring (bicyclic) bond motifs is 1. The first-order valence-corrected chi connectivity index (χ1v) is 9.76. The van der Waals surface area contributed by atoms with E-state index in [4.69, 9.17) is 25.8 Å². The van der Waals surface area contributed by atoms with Gasteiger partial charge in [-0.2, -0.15) is 0 Å². The summed E-state index contributed by atoms with van der Waals surface area (Å²) in [5.41, 5.74) is 1.63. The number of halogens is 1. The third-order valence-corrected chi connectivity index (χ3v) is 5.09. The molecule has 0 atom stereocenters. The number of carbonyl (C=O) groups is 1. The fraction of sp³-hybridized carbons (Fsp3) is 0.273. The van der Waals surface area contributed by atoms with Gasteiger partial charge in [-0.3, -0.25) is 9.88 Å². The molecule has 1 amide bonds. The minimum atomic E-state index is -0.391. The van der Waals surface area contributed by atoms with E-state index in [-0.39, 0.29) is 19.4 Å². The van der Waals surface area contributed by atoms with Crippen molar-refractivity contribution in [3.63, 3.8) is 0 Å². The average molecular weight is 413 g/mol. The number of ether oxygens (including phenoxy) is 3. The SMILES string of the molecule is COc1cc2c(Cl)ccnc2cc1OCN(C(=O)OCc1ccccc1)C1CC1. The number of amides is 1. The van der Waals surface area contributed by atoms with E-state index in [0.717, 1.165) is 23.8 Å². The maximum absolute atomic E-state index is 12.6. The molecule has 3 aromatic rings. The predicted molar refractivity (Wildman–Crippen MR) is 110 cm³/mol. The van der Waals surface area contributed by atoms with Crippen molar-refractivity contribution >= 4 is 28.6 Å². The quantitative estimate of drug-likeness (QED) is 0.509. The van der Waals surface area contributed by atoms with Gasteiger partial charge in [0.15, 0.2) is 18.2 Å². The lowest BCUT2D eigenvalue weighted by atomic mass is 10.2. The lowest BCUT2D eigenvalue weighted by molar-refractivity contribution is 0.0607. The Morgan fingerprint density at radius 3 is 2.69 bits per heavy atom. The van der Waals surface area contributed by atoms with Gasteiger partial charge in [0.25, 0.3) is 0 Å². The Morgan fingerprint density at radius 1 is 1.17 bits per heavy atom. The highest BCUT2D eigenvalue weighted by atomic mass is 35.5. The van der Waals surface area contributed by atoms with E-state index in [9.17, 15) is 4.79 Å². The van der Waals surface area contributed by atoms with Gasteiger partial charge in [0, 0.05) is 23.7 Å². The molecule has 7 heteroatoms. The number of hydrogen-bond acceptors (Lipinski definition) is 5. The van der Waals surface area contributed by atoms with Crippen LogP contribution in [0.15, 0.2) is 54.7 Å². The second-order valence-corrected chi connectivity index (χ2v) is 7.23. The highest BCUT2D eigenvalue weighted by Gasteiger charge is 2.34. The lowest BCUT2D eigenvalue weighted by Crippen LogP contribution is -2.36. The van der Waals surface area contributed by atoms with Crippen molar-refractivity contribution in [2.75, 3.05) is 13.8 Å². The molecule has 1 heterocycles. The minimum Gasteiger partial charge on any atom is -0.493 e. The van der Waals surface area contributed by atoms with E-state index < -0.39 is 6.09 Å². The van der Waals surface area contributed by atoms with Crippen LogP contribution in [0, 0.1) is 0 Å². The third-order valence-electron chi connectivity index (χ3n) is 4.76. The summed E-state index contributed by atoms with van der Waals surface area (Å²) < 4.78 is 16.8. The van der Waals surface area contributed by atoms with Gasteiger partial charge in [0.1, 0.15) is 6.61 Å². The van der Waals surface area contributed by atoms with Crippen molar-refractivity contribution in [3.05, 3.63) is 65.3 Å². The number of nitrogens with zero attached hydrogens (tertiary/aromatic N) is 2. The van der Waals surface area contributed by atoms with Gasteiger partial charge in [-0.15, -0.1) is 0 Å². The van der Waals surface area contributed by atoms with Crippen LogP contribution in [0.2, 0.25) is 5.02 Å². The Morgan fingerprint density at radius 2 is 1.97 bits per heavy atom. The Labute approximate surface area is 174 Å². The largest absolute Gasteiger partial charge is 0.493 e. The van der Waals surface area contributed by atoms with Gasteiger partial charge in [-0.1, -0.05) is 41.9 Å². The van der Waals surface area contributed by atoms with Crippen LogP contribution in [0.4, 0.5) is 4.79 Å². The summed E-state index contributed by atoms with van der Waals surface area (Å²) in [4.78, 5) is 18.5. The number of rotatable bonds is 7. The Hall–Kier alpha value is -2.99. The van der Waals surface area contributed by atoms with Crippen LogP contribution < -0.4 is 9.47 Å². The topological polar surface area (TPSA) is 60.9 Å². The van der Waals surface area contributed by atoms with Crippen molar-refractivity contribution in [2.45, 2.75) is 25.5 Å². The monoisotopic (exact) mass is 412 g/mol. The zero-order chi connectivity index (χ0) is 20.2. The van der Waals surface area contributed by atoms with Crippen molar-refractivity contribution in [1.29, 1.82) is 0 Å². The molecule has 1 fully saturated rings. The second kappa shape index (κ2) is 8.57. The molecule has 2 aromatic carbocycles. The summed E-state index contributed by atoms with van der Waals surface area (Å²) in [6, 6.07) is 15.0. The van der Waals surface area contributed by atoms with E-state index in [1.165, 1.54) is 0 Å². The first kappa shape index (κ1) is 19.3. The zero-order valence-electron chi connectivity index (χ0n) is 16.0. The third kappa shape index (κ3) is 4.54. The zero-order valence-corrected chi connectivity index (χ0v) is 16.8. The average Bonchev–Trinajstić information content (AvgIpc) is 3.58. The van der Waals surface area contributed by atoms with Gasteiger partial charge in [0.05, 0.1) is 17.6 Å². The summed E-state index contributed by atoms with van der Waals surface area (Å²) in [6.07, 6.45) is 3.13. The molecule has 29 heavy (non-hydrogen) atoms. The number of pyridine rings is 1. The number of hydrogen-bond donors (Lipinski definition) is 0. The molecular weight excluding hydrogens is 392 g/mol. The predicted octanol–water partition coefficient (Wildman–Crippen LogP) is 5.03. The van der Waals surface area contributed by atoms with Crippen LogP contribution in [-0.4, -0.2) is 35.9 Å². The summed E-state index contributed by atoms with van der Waals surface area (Å²) in [7, 11) is 1.56. The van der Waals surface area contributed by atoms with Crippen molar-refractivity contribution in [3.8, 4) is 11.5 Å². The van der Waals surface area contributed by atoms with Gasteiger partial charge in [0.2, 0.25) is 0 Å². The number of methoxy groups -OCH3 is 1. The Kier molecular flexibility index (Phi) is 5.71. The molecule has 0 unspecified atom stereocenters. The Balaban J connectivity index is 1.46. The molecule has 0 saturated heterocycles. The summed E-state index contributed by atoms with van der Waals surface area (Å²) in [5, 5.41) is 1.36. The fourth-order valence-corrected chi connectivity index (χ4v) is 3.23. The van der Waals surface area contributed by atoms with Gasteiger partial charge in [-0.25, -0.2) is 4.79 Å². The van der Waals surface area contributed by atoms with Crippen LogP contribution in [0.5, 0.6) is 11.5 Å². The van der Waals surface area contributed by atoms with E-state index in [2.05, 4.69) is 4.98 Å². The lowest BCUT2D eigenvalue weighted by Gasteiger charge is -2.23. The van der Waals surface area contributed by atoms with E-state index >= 15 is 0 Å². The van der Waals surface area contributed by atoms with Gasteiger partial charge >= 0.3 is 6.09 Å². The van der Waals surface area contributed by atoms with Crippen molar-refractivity contribution in [2.24, 2.45) is 0 Å². The highest BCUT2D eigenvalue weighted by Crippen LogP contribution is 2.35. The fourth-order valence-electron chi connectivity index (χ4n) is 3.03. The smallest absolute Gasteiger partial charge is 0.413 e. The van der Waals surface area contributed by atoms with E-state index in [0.29, 0.717) is 22.0 Å². The van der Waals surface area contributed by atoms with Gasteiger partial charge < -0.3 is 14.2 Å². The Bertz CT molecular complexity index is 1010. The van der Waals surface area contributed by atoms with Crippen molar-refractivity contribution in [1.82, 2.24) is 9.88 Å². The van der Waals surface area contributed by atoms with Crippen LogP contribution in [-0.2, 0) is 11.3 Å². The molecule has 0 spiro atoms. The molecule has 0 aliphatic heterocycles. The number of benzene rings is 2. The molecule has 1 aliphatic carbocycles. The summed E-state index contributed by atoms with van der Waals surface area (Å²) in [6.45, 7) is 0.297. The molecule has 6 nitrogen and oxygen atoms in total. The molecular formula is C22H21ClN2O4. The van der Waals surface area contributed by atoms with E-state index in [1.54, 1.807) is 36.4 Å². The molecule has 4 rings (SSSR count). The standard InChI is InChI=1S/C22H21ClN2O4/c1-27-20-11-17-18(23)9-10-24-19(17)12-21(20)29-14-25(16-7-8-16)22(26)28-13-15-5-3-2-4-6-15/h2-6,9-12,16H,7-8,13-14H2,1H3. The first-order chi connectivity index (χ1) is 14.2. The summed E-state index contributed by atoms with van der Waals surface area (Å²) in [5.74, 6) is 1.03. The normalized spacial score (nSPS) is 13.2. The summed E-state index contributed by atoms with van der Waals surface area (Å²) >= 11 is 6.24. The molecule has 150 valence electrons. The van der Waals surface area contributed by atoms with Crippen LogP contribution in [0.3, 0.4) is 0 Å². The van der Waals surface area contributed by atoms with Crippen molar-refractivity contribution < 1.29 is 19.0 Å². The molecule has 0 radical (unpaired) electrons. The van der Waals surface area contributed by atoms with Crippen LogP contribution >= 0.6 is 11.6 Å². The van der Waals surface area contributed by atoms with Crippen LogP contribution in [0.1, 0.15) is 18.4 Å². The number of carbonyl (C=O) groups excluding carboxylic acids is 1. The minimum absolute atomic E-state index is 0.0702. The molecule has 0 bridgehead atoms. The van der Waals surface area contributed by atoms with Crippen LogP contribution in [0.25, 0.3) is 10.9 Å². The molecule has 1 saturated carbocycles. The molecule has 1 aromatic heterocycles. The number of aromatic nitrogens is 1. The van der Waals surface area contributed by atoms with E-state index in [1.807, 2.05) is 30.3 Å². The maximum Gasteiger partial charge on any atom is 0.413 e. The molecule has 0 N–H and O–H groups in total.